The van der Waals surface area contributed by atoms with E-state index in [-0.39, 0.29) is 12.5 Å². The van der Waals surface area contributed by atoms with Gasteiger partial charge in [-0.25, -0.2) is 0 Å². The second kappa shape index (κ2) is 5.89. The first kappa shape index (κ1) is 13.5. The average molecular weight is 293 g/mol. The Morgan fingerprint density at radius 1 is 1.50 bits per heavy atom. The molecule has 0 bridgehead atoms. The Morgan fingerprint density at radius 2 is 2.40 bits per heavy atom. The fourth-order valence-electron chi connectivity index (χ4n) is 2.37. The van der Waals surface area contributed by atoms with Crippen molar-refractivity contribution in [2.24, 2.45) is 0 Å². The van der Waals surface area contributed by atoms with Gasteiger partial charge in [-0.15, -0.1) is 11.3 Å². The lowest BCUT2D eigenvalue weighted by Crippen LogP contribution is -2.39. The predicted octanol–water partition coefficient (Wildman–Crippen LogP) is 0.619. The van der Waals surface area contributed by atoms with Crippen molar-refractivity contribution in [2.45, 2.75) is 19.1 Å². The topological polar surface area (TPSA) is 83.4 Å². The Balaban J connectivity index is 1.78. The molecule has 1 aromatic heterocycles. The number of anilines is 1. The fraction of sp³-hybridized carbons (Fsp3) is 0.538. The van der Waals surface area contributed by atoms with E-state index in [4.69, 9.17) is 9.47 Å². The van der Waals surface area contributed by atoms with Gasteiger partial charge < -0.3 is 20.1 Å². The third kappa shape index (κ3) is 2.55. The number of hydrogen-bond acceptors (Lipinski definition) is 6. The lowest BCUT2D eigenvalue weighted by Gasteiger charge is -2.21. The van der Waals surface area contributed by atoms with Crippen LogP contribution in [0.5, 0.6) is 0 Å². The lowest BCUT2D eigenvalue weighted by atomic mass is 10.1. The van der Waals surface area contributed by atoms with Crippen LogP contribution in [0.25, 0.3) is 0 Å². The molecule has 3 heterocycles. The first-order valence-corrected chi connectivity index (χ1v) is 7.37. The summed E-state index contributed by atoms with van der Waals surface area (Å²) >= 11 is 1.47. The van der Waals surface area contributed by atoms with Gasteiger partial charge in [-0.3, -0.25) is 4.79 Å². The van der Waals surface area contributed by atoms with E-state index in [1.165, 1.54) is 11.3 Å². The summed E-state index contributed by atoms with van der Waals surface area (Å²) in [5, 5.41) is 16.0. The molecule has 1 saturated heterocycles. The molecule has 0 radical (unpaired) electrons. The second-order valence-electron chi connectivity index (χ2n) is 4.67. The van der Waals surface area contributed by atoms with Crippen molar-refractivity contribution < 1.29 is 14.3 Å². The number of thiophene rings is 1. The van der Waals surface area contributed by atoms with Crippen molar-refractivity contribution in [1.82, 2.24) is 5.32 Å². The Kier molecular flexibility index (Phi) is 3.98. The minimum Gasteiger partial charge on any atom is -0.376 e. The first-order chi connectivity index (χ1) is 9.79. The van der Waals surface area contributed by atoms with E-state index in [0.717, 1.165) is 30.0 Å². The molecule has 1 fully saturated rings. The number of amides is 1. The number of nitriles is 1. The molecule has 2 aliphatic rings. The Bertz CT molecular complexity index is 558. The van der Waals surface area contributed by atoms with Crippen LogP contribution in [0, 0.1) is 11.3 Å². The van der Waals surface area contributed by atoms with E-state index < -0.39 is 6.10 Å². The summed E-state index contributed by atoms with van der Waals surface area (Å²) in [4.78, 5) is 13.2. The third-order valence-electron chi connectivity index (χ3n) is 3.38. The van der Waals surface area contributed by atoms with Crippen LogP contribution in [0.2, 0.25) is 0 Å². The van der Waals surface area contributed by atoms with Gasteiger partial charge in [-0.05, 0) is 18.5 Å². The zero-order valence-corrected chi connectivity index (χ0v) is 11.7. The molecule has 7 heteroatoms. The van der Waals surface area contributed by atoms with Crippen LogP contribution in [0.1, 0.15) is 16.0 Å². The molecular formula is C13H15N3O3S. The zero-order valence-electron chi connectivity index (χ0n) is 10.9. The average Bonchev–Trinajstić information content (AvgIpc) is 2.85. The maximum Gasteiger partial charge on any atom is 0.256 e. The maximum absolute atomic E-state index is 12.1. The number of rotatable bonds is 2. The molecule has 0 aromatic carbocycles. The van der Waals surface area contributed by atoms with Crippen molar-refractivity contribution >= 4 is 22.2 Å². The molecule has 1 atom stereocenters. The number of nitrogens with zero attached hydrogens (tertiary/aromatic N) is 1. The van der Waals surface area contributed by atoms with Crippen molar-refractivity contribution in [3.63, 3.8) is 0 Å². The SMILES string of the molecule is N#Cc1c(NC(=O)C2COCCO2)sc2c1CCNC2. The lowest BCUT2D eigenvalue weighted by molar-refractivity contribution is -0.142. The van der Waals surface area contributed by atoms with Crippen LogP contribution < -0.4 is 10.6 Å². The molecule has 0 spiro atoms. The van der Waals surface area contributed by atoms with Crippen molar-refractivity contribution in [2.75, 3.05) is 31.7 Å². The quantitative estimate of drug-likeness (QED) is 0.835. The largest absolute Gasteiger partial charge is 0.376 e. The van der Waals surface area contributed by atoms with Crippen LogP contribution in [0.15, 0.2) is 0 Å². The number of fused-ring (bicyclic) bond motifs is 1. The number of carbonyl (C=O) groups excluding carboxylic acids is 1. The predicted molar refractivity (Wildman–Crippen MR) is 73.6 cm³/mol. The third-order valence-corrected chi connectivity index (χ3v) is 4.53. The number of nitrogens with one attached hydrogen (secondary N) is 2. The monoisotopic (exact) mass is 293 g/mol. The van der Waals surface area contributed by atoms with Gasteiger partial charge in [-0.1, -0.05) is 0 Å². The summed E-state index contributed by atoms with van der Waals surface area (Å²) in [6, 6.07) is 2.21. The Hall–Kier alpha value is -1.46. The number of hydrogen-bond donors (Lipinski definition) is 2. The summed E-state index contributed by atoms with van der Waals surface area (Å²) in [6.07, 6.45) is 0.237. The van der Waals surface area contributed by atoms with E-state index in [2.05, 4.69) is 16.7 Å². The van der Waals surface area contributed by atoms with Crippen LogP contribution in [0.3, 0.4) is 0 Å². The molecule has 6 nitrogen and oxygen atoms in total. The van der Waals surface area contributed by atoms with Gasteiger partial charge >= 0.3 is 0 Å². The molecular weight excluding hydrogens is 278 g/mol. The van der Waals surface area contributed by atoms with E-state index in [9.17, 15) is 10.1 Å². The molecule has 2 aliphatic heterocycles. The molecule has 0 saturated carbocycles. The molecule has 0 aliphatic carbocycles. The number of ether oxygens (including phenoxy) is 2. The minimum absolute atomic E-state index is 0.243. The molecule has 106 valence electrons. The van der Waals surface area contributed by atoms with Crippen LogP contribution in [0.4, 0.5) is 5.00 Å². The Labute approximate surface area is 120 Å². The molecule has 20 heavy (non-hydrogen) atoms. The van der Waals surface area contributed by atoms with Gasteiger partial charge in [0.15, 0.2) is 6.10 Å². The van der Waals surface area contributed by atoms with Gasteiger partial charge in [0.1, 0.15) is 11.1 Å². The summed E-state index contributed by atoms with van der Waals surface area (Å²) < 4.78 is 10.6. The maximum atomic E-state index is 12.1. The highest BCUT2D eigenvalue weighted by atomic mass is 32.1. The molecule has 1 aromatic rings. The summed E-state index contributed by atoms with van der Waals surface area (Å²) in [5.74, 6) is -0.243. The van der Waals surface area contributed by atoms with E-state index in [1.54, 1.807) is 0 Å². The van der Waals surface area contributed by atoms with Crippen molar-refractivity contribution in [3.8, 4) is 6.07 Å². The Morgan fingerprint density at radius 3 is 3.15 bits per heavy atom. The van der Waals surface area contributed by atoms with Crippen molar-refractivity contribution in [3.05, 3.63) is 16.0 Å². The van der Waals surface area contributed by atoms with E-state index >= 15 is 0 Å². The van der Waals surface area contributed by atoms with Crippen molar-refractivity contribution in [1.29, 1.82) is 5.26 Å². The smallest absolute Gasteiger partial charge is 0.256 e. The summed E-state index contributed by atoms with van der Waals surface area (Å²) in [7, 11) is 0. The van der Waals surface area contributed by atoms with Gasteiger partial charge in [0.2, 0.25) is 0 Å². The number of carbonyl (C=O) groups is 1. The fourth-order valence-corrected chi connectivity index (χ4v) is 3.54. The van der Waals surface area contributed by atoms with Gasteiger partial charge in [0.25, 0.3) is 5.91 Å². The summed E-state index contributed by atoms with van der Waals surface area (Å²) in [5.41, 5.74) is 1.66. The highest BCUT2D eigenvalue weighted by Gasteiger charge is 2.26. The second-order valence-corrected chi connectivity index (χ2v) is 5.78. The zero-order chi connectivity index (χ0) is 13.9. The molecule has 1 unspecified atom stereocenters. The molecule has 3 rings (SSSR count). The van der Waals surface area contributed by atoms with Gasteiger partial charge in [0, 0.05) is 11.4 Å². The molecule has 2 N–H and O–H groups in total. The van der Waals surface area contributed by atoms with Gasteiger partial charge in [0.05, 0.1) is 25.4 Å². The molecule has 1 amide bonds. The van der Waals surface area contributed by atoms with Gasteiger partial charge in [-0.2, -0.15) is 5.26 Å². The van der Waals surface area contributed by atoms with Crippen LogP contribution in [-0.2, 0) is 27.2 Å². The minimum atomic E-state index is -0.590. The normalized spacial score (nSPS) is 21.9. The first-order valence-electron chi connectivity index (χ1n) is 6.55. The highest BCUT2D eigenvalue weighted by Crippen LogP contribution is 2.34. The standard InChI is InChI=1S/C13H15N3O3S/c14-5-9-8-1-2-15-6-11(8)20-13(9)16-12(17)10-7-18-3-4-19-10/h10,15H,1-4,6-7H2,(H,16,17). The van der Waals surface area contributed by atoms with Crippen LogP contribution >= 0.6 is 11.3 Å². The summed E-state index contributed by atoms with van der Waals surface area (Å²) in [6.45, 7) is 2.83. The highest BCUT2D eigenvalue weighted by molar-refractivity contribution is 7.16. The van der Waals surface area contributed by atoms with E-state index in [0.29, 0.717) is 23.8 Å². The van der Waals surface area contributed by atoms with Crippen LogP contribution in [-0.4, -0.2) is 38.4 Å². The van der Waals surface area contributed by atoms with E-state index in [1.807, 2.05) is 0 Å².